The average Bonchev–Trinajstić information content (AvgIpc) is 3.04. The quantitative estimate of drug-likeness (QED) is 0.874. The molecule has 1 N–H and O–H groups in total. The maximum atomic E-state index is 12.4. The first-order chi connectivity index (χ1) is 11.7. The number of aliphatic hydroxyl groups excluding tert-OH is 1. The van der Waals surface area contributed by atoms with Gasteiger partial charge in [0.05, 0.1) is 18.9 Å². The third kappa shape index (κ3) is 6.12. The zero-order valence-electron chi connectivity index (χ0n) is 15.1. The van der Waals surface area contributed by atoms with Crippen LogP contribution >= 0.6 is 0 Å². The number of hydrogen-bond donors (Lipinski definition) is 1. The first kappa shape index (κ1) is 18.8. The number of nitrogens with zero attached hydrogens (tertiary/aromatic N) is 1. The van der Waals surface area contributed by atoms with E-state index in [1.165, 1.54) is 16.7 Å². The van der Waals surface area contributed by atoms with Crippen molar-refractivity contribution in [2.24, 2.45) is 0 Å². The molecule has 1 heterocycles. The number of aryl methyl sites for hydroxylation is 1. The van der Waals surface area contributed by atoms with Crippen molar-refractivity contribution in [3.05, 3.63) is 59.9 Å². The second-order valence-corrected chi connectivity index (χ2v) is 6.88. The van der Waals surface area contributed by atoms with Crippen molar-refractivity contribution in [2.45, 2.75) is 39.4 Å². The number of rotatable bonds is 5. The fraction of sp³-hybridized carbons (Fsp3) is 0.350. The Morgan fingerprint density at radius 1 is 1.28 bits per heavy atom. The summed E-state index contributed by atoms with van der Waals surface area (Å²) < 4.78 is 10.7. The summed E-state index contributed by atoms with van der Waals surface area (Å²) in [6, 6.07) is 11.3. The number of anilines is 1. The average molecular weight is 343 g/mol. The summed E-state index contributed by atoms with van der Waals surface area (Å²) >= 11 is 0. The molecule has 0 aliphatic carbocycles. The van der Waals surface area contributed by atoms with Crippen LogP contribution in [-0.4, -0.2) is 29.4 Å². The van der Waals surface area contributed by atoms with Gasteiger partial charge < -0.3 is 14.3 Å². The molecule has 1 aromatic carbocycles. The molecule has 5 heteroatoms. The van der Waals surface area contributed by atoms with E-state index >= 15 is 0 Å². The Bertz CT molecular complexity index is 696. The van der Waals surface area contributed by atoms with Crippen molar-refractivity contribution < 1.29 is 19.1 Å². The summed E-state index contributed by atoms with van der Waals surface area (Å²) in [7, 11) is 0. The zero-order chi connectivity index (χ0) is 18.4. The minimum Gasteiger partial charge on any atom is -0.448 e. The van der Waals surface area contributed by atoms with Gasteiger partial charge in [-0.2, -0.15) is 0 Å². The van der Waals surface area contributed by atoms with Crippen LogP contribution < -0.4 is 4.90 Å². The smallest absolute Gasteiger partial charge is 0.417 e. The molecule has 0 aliphatic rings. The van der Waals surface area contributed by atoms with Crippen molar-refractivity contribution in [2.75, 3.05) is 11.4 Å². The summed E-state index contributed by atoms with van der Waals surface area (Å²) in [5, 5.41) is 10.3. The lowest BCUT2D eigenvalue weighted by atomic mass is 10.1. The van der Waals surface area contributed by atoms with Crippen molar-refractivity contribution in [1.82, 2.24) is 0 Å². The molecular formula is C20H25NO4. The van der Waals surface area contributed by atoms with Crippen LogP contribution in [-0.2, 0) is 4.74 Å². The summed E-state index contributed by atoms with van der Waals surface area (Å²) in [5.41, 5.74) is 1.52. The van der Waals surface area contributed by atoms with E-state index in [9.17, 15) is 9.90 Å². The number of amides is 1. The Kier molecular flexibility index (Phi) is 6.04. The van der Waals surface area contributed by atoms with Crippen LogP contribution in [0.5, 0.6) is 0 Å². The summed E-state index contributed by atoms with van der Waals surface area (Å²) in [6.45, 7) is 7.42. The van der Waals surface area contributed by atoms with Crippen LogP contribution in [0.4, 0.5) is 10.7 Å². The first-order valence-corrected chi connectivity index (χ1v) is 8.21. The Balaban J connectivity index is 2.08. The maximum Gasteiger partial charge on any atom is 0.417 e. The van der Waals surface area contributed by atoms with Gasteiger partial charge in [-0.1, -0.05) is 42.0 Å². The number of ether oxygens (including phenoxy) is 1. The van der Waals surface area contributed by atoms with E-state index < -0.39 is 17.8 Å². The van der Waals surface area contributed by atoms with Gasteiger partial charge in [-0.15, -0.1) is 0 Å². The highest BCUT2D eigenvalue weighted by molar-refractivity contribution is 5.86. The Morgan fingerprint density at radius 3 is 2.52 bits per heavy atom. The molecule has 134 valence electrons. The van der Waals surface area contributed by atoms with Gasteiger partial charge in [0, 0.05) is 6.07 Å². The summed E-state index contributed by atoms with van der Waals surface area (Å²) in [6.07, 6.45) is 3.51. The number of aliphatic hydroxyl groups is 1. The van der Waals surface area contributed by atoms with Crippen LogP contribution in [0.25, 0.3) is 6.08 Å². The van der Waals surface area contributed by atoms with E-state index in [0.717, 1.165) is 5.56 Å². The number of carbonyl (C=O) groups excluding carboxylic acids is 1. The lowest BCUT2D eigenvalue weighted by Crippen LogP contribution is -2.40. The Hall–Kier alpha value is -2.53. The predicted octanol–water partition coefficient (Wildman–Crippen LogP) is 4.40. The van der Waals surface area contributed by atoms with E-state index in [1.54, 1.807) is 39.0 Å². The largest absolute Gasteiger partial charge is 0.448 e. The van der Waals surface area contributed by atoms with Gasteiger partial charge in [-0.05, 0) is 39.3 Å². The van der Waals surface area contributed by atoms with E-state index in [2.05, 4.69) is 0 Å². The highest BCUT2D eigenvalue weighted by atomic mass is 16.6. The van der Waals surface area contributed by atoms with E-state index in [-0.39, 0.29) is 6.54 Å². The van der Waals surface area contributed by atoms with Crippen LogP contribution in [0.15, 0.2) is 53.2 Å². The highest BCUT2D eigenvalue weighted by Crippen LogP contribution is 2.19. The highest BCUT2D eigenvalue weighted by Gasteiger charge is 2.26. The van der Waals surface area contributed by atoms with Gasteiger partial charge in [-0.25, -0.2) is 9.69 Å². The fourth-order valence-corrected chi connectivity index (χ4v) is 2.14. The topological polar surface area (TPSA) is 62.9 Å². The van der Waals surface area contributed by atoms with Crippen molar-refractivity contribution >= 4 is 18.1 Å². The van der Waals surface area contributed by atoms with Crippen LogP contribution in [0.2, 0.25) is 0 Å². The molecule has 1 atom stereocenters. The van der Waals surface area contributed by atoms with Crippen LogP contribution in [0.3, 0.4) is 0 Å². The molecular weight excluding hydrogens is 318 g/mol. The number of benzene rings is 1. The van der Waals surface area contributed by atoms with Gasteiger partial charge in [0.2, 0.25) is 5.88 Å². The molecule has 5 nitrogen and oxygen atoms in total. The Labute approximate surface area is 148 Å². The normalized spacial score (nSPS) is 13.0. The number of furan rings is 1. The molecule has 0 bridgehead atoms. The molecule has 0 radical (unpaired) electrons. The molecule has 0 saturated heterocycles. The van der Waals surface area contributed by atoms with Gasteiger partial charge in [0.25, 0.3) is 0 Å². The van der Waals surface area contributed by atoms with E-state index in [4.69, 9.17) is 9.15 Å². The summed E-state index contributed by atoms with van der Waals surface area (Å²) in [4.78, 5) is 13.7. The minimum absolute atomic E-state index is 0.0325. The van der Waals surface area contributed by atoms with Crippen LogP contribution in [0, 0.1) is 6.92 Å². The molecule has 0 saturated carbocycles. The molecule has 25 heavy (non-hydrogen) atoms. The lowest BCUT2D eigenvalue weighted by molar-refractivity contribution is 0.0558. The van der Waals surface area contributed by atoms with Crippen LogP contribution in [0.1, 0.15) is 31.9 Å². The second kappa shape index (κ2) is 8.03. The van der Waals surface area contributed by atoms with Gasteiger partial charge in [0.15, 0.2) is 0 Å². The predicted molar refractivity (Wildman–Crippen MR) is 98.5 cm³/mol. The molecule has 0 spiro atoms. The minimum atomic E-state index is -0.862. The van der Waals surface area contributed by atoms with Gasteiger partial charge in [0.1, 0.15) is 5.60 Å². The van der Waals surface area contributed by atoms with E-state index in [1.807, 2.05) is 37.3 Å². The number of carbonyl (C=O) groups is 1. The van der Waals surface area contributed by atoms with Crippen molar-refractivity contribution in [3.63, 3.8) is 0 Å². The third-order valence-electron chi connectivity index (χ3n) is 3.34. The first-order valence-electron chi connectivity index (χ1n) is 8.21. The second-order valence-electron chi connectivity index (χ2n) is 6.88. The van der Waals surface area contributed by atoms with Gasteiger partial charge >= 0.3 is 6.09 Å². The Morgan fingerprint density at radius 2 is 1.96 bits per heavy atom. The monoisotopic (exact) mass is 343 g/mol. The lowest BCUT2D eigenvalue weighted by Gasteiger charge is -2.26. The van der Waals surface area contributed by atoms with Crippen molar-refractivity contribution in [1.29, 1.82) is 0 Å². The fourth-order valence-electron chi connectivity index (χ4n) is 2.14. The SMILES string of the molecule is Cc1ccc(/C=C/C(O)CN(C(=O)OC(C)(C)C)c2ccco2)cc1. The van der Waals surface area contributed by atoms with Crippen molar-refractivity contribution in [3.8, 4) is 0 Å². The van der Waals surface area contributed by atoms with E-state index in [0.29, 0.717) is 5.88 Å². The molecule has 2 rings (SSSR count). The zero-order valence-corrected chi connectivity index (χ0v) is 15.1. The summed E-state index contributed by atoms with van der Waals surface area (Å²) in [5.74, 6) is 0.331. The molecule has 1 amide bonds. The molecule has 1 aromatic heterocycles. The standard InChI is InChI=1S/C20H25NO4/c1-15-7-9-16(10-8-15)11-12-17(22)14-21(18-6-5-13-24-18)19(23)25-20(2,3)4/h5-13,17,22H,14H2,1-4H3/b12-11+. The third-order valence-corrected chi connectivity index (χ3v) is 3.34. The molecule has 2 aromatic rings. The molecule has 0 aliphatic heterocycles. The van der Waals surface area contributed by atoms with Gasteiger partial charge in [-0.3, -0.25) is 0 Å². The number of hydrogen-bond acceptors (Lipinski definition) is 4. The molecule has 0 fully saturated rings. The molecule has 1 unspecified atom stereocenters. The maximum absolute atomic E-state index is 12.4.